The zero-order chi connectivity index (χ0) is 12.3. The van der Waals surface area contributed by atoms with Crippen LogP contribution in [0.25, 0.3) is 0 Å². The number of ether oxygens (including phenoxy) is 1. The molecule has 1 aromatic rings. The summed E-state index contributed by atoms with van der Waals surface area (Å²) in [7, 11) is 0. The Bertz CT molecular complexity index is 408. The zero-order valence-corrected chi connectivity index (χ0v) is 9.67. The van der Waals surface area contributed by atoms with Gasteiger partial charge in [-0.2, -0.15) is 0 Å². The lowest BCUT2D eigenvalue weighted by molar-refractivity contribution is -0.276. The number of rotatable bonds is 3. The predicted octanol–water partition coefficient (Wildman–Crippen LogP) is 2.87. The molecule has 1 aromatic heterocycles. The van der Waals surface area contributed by atoms with Crippen molar-refractivity contribution in [2.75, 3.05) is 0 Å². The lowest BCUT2D eigenvalue weighted by Crippen LogP contribution is -2.19. The van der Waals surface area contributed by atoms with Gasteiger partial charge in [0.25, 0.3) is 0 Å². The van der Waals surface area contributed by atoms with Gasteiger partial charge < -0.3 is 4.74 Å². The summed E-state index contributed by atoms with van der Waals surface area (Å²) in [4.78, 5) is 13.9. The second-order valence-electron chi connectivity index (χ2n) is 2.62. The predicted molar refractivity (Wildman–Crippen MR) is 53.8 cm³/mol. The lowest BCUT2D eigenvalue weighted by Gasteiger charge is -2.11. The van der Waals surface area contributed by atoms with E-state index in [-0.39, 0.29) is 21.0 Å². The van der Waals surface area contributed by atoms with Crippen LogP contribution in [-0.4, -0.2) is 17.6 Å². The summed E-state index contributed by atoms with van der Waals surface area (Å²) in [6.07, 6.45) is -3.79. The number of alkyl halides is 4. The fourth-order valence-corrected chi connectivity index (χ4v) is 1.66. The van der Waals surface area contributed by atoms with Gasteiger partial charge in [-0.15, -0.1) is 13.2 Å². The standard InChI is InChI=1S/C8H4F4INO2/c9-1-4-2-14-7(16-8(10,11)12)6(13)5(4)3-15/h2-3H,1H2. The third-order valence-electron chi connectivity index (χ3n) is 1.58. The molecule has 8 heteroatoms. The molecule has 0 N–H and O–H groups in total. The quantitative estimate of drug-likeness (QED) is 0.479. The molecular weight excluding hydrogens is 345 g/mol. The first kappa shape index (κ1) is 13.1. The highest BCUT2D eigenvalue weighted by atomic mass is 127. The summed E-state index contributed by atoms with van der Waals surface area (Å²) in [5.74, 6) is -0.757. The van der Waals surface area contributed by atoms with Crippen LogP contribution in [0.15, 0.2) is 6.20 Å². The van der Waals surface area contributed by atoms with E-state index < -0.39 is 18.9 Å². The van der Waals surface area contributed by atoms with E-state index in [9.17, 15) is 22.4 Å². The van der Waals surface area contributed by atoms with Gasteiger partial charge in [-0.1, -0.05) is 0 Å². The van der Waals surface area contributed by atoms with Crippen molar-refractivity contribution in [1.29, 1.82) is 0 Å². The van der Waals surface area contributed by atoms with E-state index in [1.54, 1.807) is 0 Å². The maximum atomic E-state index is 12.4. The van der Waals surface area contributed by atoms with Crippen molar-refractivity contribution in [2.24, 2.45) is 0 Å². The maximum absolute atomic E-state index is 12.4. The Morgan fingerprint density at radius 1 is 1.50 bits per heavy atom. The average molecular weight is 349 g/mol. The minimum absolute atomic E-state index is 0.0751. The molecule has 0 amide bonds. The first-order valence-electron chi connectivity index (χ1n) is 3.83. The molecule has 1 rings (SSSR count). The number of carbonyl (C=O) groups is 1. The molecule has 0 aliphatic carbocycles. The van der Waals surface area contributed by atoms with Gasteiger partial charge in [-0.05, 0) is 22.6 Å². The van der Waals surface area contributed by atoms with Gasteiger partial charge in [0.15, 0.2) is 6.29 Å². The van der Waals surface area contributed by atoms with Gasteiger partial charge in [0.1, 0.15) is 6.67 Å². The number of carbonyl (C=O) groups excluding carboxylic acids is 1. The Morgan fingerprint density at radius 2 is 2.12 bits per heavy atom. The monoisotopic (exact) mass is 349 g/mol. The van der Waals surface area contributed by atoms with Crippen LogP contribution in [0, 0.1) is 3.57 Å². The minimum atomic E-state index is -4.90. The van der Waals surface area contributed by atoms with E-state index in [0.717, 1.165) is 6.20 Å². The zero-order valence-electron chi connectivity index (χ0n) is 7.52. The number of halogens is 5. The summed E-state index contributed by atoms with van der Waals surface area (Å²) in [6.45, 7) is -0.983. The van der Waals surface area contributed by atoms with Gasteiger partial charge in [0.05, 0.1) is 3.57 Å². The SMILES string of the molecule is O=Cc1c(CF)cnc(OC(F)(F)F)c1I. The molecular formula is C8H4F4INO2. The largest absolute Gasteiger partial charge is 0.574 e. The number of hydrogen-bond acceptors (Lipinski definition) is 3. The fraction of sp³-hybridized carbons (Fsp3) is 0.250. The van der Waals surface area contributed by atoms with E-state index in [0.29, 0.717) is 0 Å². The van der Waals surface area contributed by atoms with Crippen LogP contribution in [0.4, 0.5) is 17.6 Å². The van der Waals surface area contributed by atoms with E-state index in [2.05, 4.69) is 9.72 Å². The number of aromatic nitrogens is 1. The molecule has 0 fully saturated rings. The van der Waals surface area contributed by atoms with E-state index >= 15 is 0 Å². The van der Waals surface area contributed by atoms with Crippen LogP contribution >= 0.6 is 22.6 Å². The molecule has 0 aliphatic heterocycles. The Balaban J connectivity index is 3.19. The Hall–Kier alpha value is -0.930. The normalized spacial score (nSPS) is 11.3. The van der Waals surface area contributed by atoms with Crippen LogP contribution in [0.2, 0.25) is 0 Å². The van der Waals surface area contributed by atoms with Crippen molar-refractivity contribution >= 4 is 28.9 Å². The van der Waals surface area contributed by atoms with E-state index in [1.807, 2.05) is 0 Å². The highest BCUT2D eigenvalue weighted by Crippen LogP contribution is 2.28. The number of nitrogens with zero attached hydrogens (tertiary/aromatic N) is 1. The van der Waals surface area contributed by atoms with Gasteiger partial charge >= 0.3 is 6.36 Å². The molecule has 0 spiro atoms. The highest BCUT2D eigenvalue weighted by molar-refractivity contribution is 14.1. The summed E-state index contributed by atoms with van der Waals surface area (Å²) < 4.78 is 51.5. The first-order valence-corrected chi connectivity index (χ1v) is 4.91. The molecule has 0 unspecified atom stereocenters. The summed E-state index contributed by atoms with van der Waals surface area (Å²) >= 11 is 1.44. The average Bonchev–Trinajstić information content (AvgIpc) is 2.19. The topological polar surface area (TPSA) is 39.2 Å². The Morgan fingerprint density at radius 3 is 2.56 bits per heavy atom. The van der Waals surface area contributed by atoms with Gasteiger partial charge in [-0.3, -0.25) is 4.79 Å². The lowest BCUT2D eigenvalue weighted by atomic mass is 10.2. The molecule has 0 saturated heterocycles. The Labute approximate surface area is 101 Å². The van der Waals surface area contributed by atoms with Crippen molar-refractivity contribution in [3.8, 4) is 5.88 Å². The van der Waals surface area contributed by atoms with Gasteiger partial charge in [0.2, 0.25) is 5.88 Å². The van der Waals surface area contributed by atoms with Crippen molar-refractivity contribution in [3.05, 3.63) is 20.9 Å². The van der Waals surface area contributed by atoms with Gasteiger partial charge in [-0.25, -0.2) is 9.37 Å². The van der Waals surface area contributed by atoms with E-state index in [1.165, 1.54) is 22.6 Å². The van der Waals surface area contributed by atoms with Crippen LogP contribution < -0.4 is 4.74 Å². The number of aldehydes is 1. The molecule has 0 atom stereocenters. The van der Waals surface area contributed by atoms with Crippen LogP contribution in [0.3, 0.4) is 0 Å². The molecule has 88 valence electrons. The van der Waals surface area contributed by atoms with Crippen LogP contribution in [-0.2, 0) is 6.67 Å². The van der Waals surface area contributed by atoms with Crippen LogP contribution in [0.1, 0.15) is 15.9 Å². The van der Waals surface area contributed by atoms with Crippen molar-refractivity contribution in [2.45, 2.75) is 13.0 Å². The molecule has 0 aliphatic rings. The molecule has 0 saturated carbocycles. The van der Waals surface area contributed by atoms with Crippen molar-refractivity contribution in [1.82, 2.24) is 4.98 Å². The molecule has 0 bridgehead atoms. The number of hydrogen-bond donors (Lipinski definition) is 0. The second-order valence-corrected chi connectivity index (χ2v) is 3.69. The second kappa shape index (κ2) is 4.93. The van der Waals surface area contributed by atoms with Crippen molar-refractivity contribution < 1.29 is 27.1 Å². The summed E-state index contributed by atoms with van der Waals surface area (Å²) in [5, 5.41) is 0. The molecule has 16 heavy (non-hydrogen) atoms. The summed E-state index contributed by atoms with van der Waals surface area (Å²) in [5.41, 5.74) is -0.258. The van der Waals surface area contributed by atoms with Crippen molar-refractivity contribution in [3.63, 3.8) is 0 Å². The molecule has 0 radical (unpaired) electrons. The first-order chi connectivity index (χ1) is 7.39. The van der Waals surface area contributed by atoms with Gasteiger partial charge in [0, 0.05) is 17.3 Å². The smallest absolute Gasteiger partial charge is 0.387 e. The van der Waals surface area contributed by atoms with Crippen LogP contribution in [0.5, 0.6) is 5.88 Å². The fourth-order valence-electron chi connectivity index (χ4n) is 0.934. The number of pyridine rings is 1. The van der Waals surface area contributed by atoms with E-state index in [4.69, 9.17) is 0 Å². The molecule has 0 aromatic carbocycles. The summed E-state index contributed by atoms with van der Waals surface area (Å²) in [6, 6.07) is 0. The minimum Gasteiger partial charge on any atom is -0.387 e. The Kier molecular flexibility index (Phi) is 4.05. The maximum Gasteiger partial charge on any atom is 0.574 e. The highest BCUT2D eigenvalue weighted by Gasteiger charge is 2.33. The third kappa shape index (κ3) is 3.03. The molecule has 1 heterocycles. The third-order valence-corrected chi connectivity index (χ3v) is 2.62. The molecule has 3 nitrogen and oxygen atoms in total.